The van der Waals surface area contributed by atoms with Crippen molar-refractivity contribution < 1.29 is 0 Å². The lowest BCUT2D eigenvalue weighted by Crippen LogP contribution is -2.37. The summed E-state index contributed by atoms with van der Waals surface area (Å²) < 4.78 is 0. The van der Waals surface area contributed by atoms with Crippen LogP contribution in [-0.4, -0.2) is 42.1 Å². The molecule has 1 aliphatic rings. The van der Waals surface area contributed by atoms with Crippen LogP contribution >= 0.6 is 0 Å². The van der Waals surface area contributed by atoms with Gasteiger partial charge in [-0.15, -0.1) is 0 Å². The Kier molecular flexibility index (Phi) is 4.16. The van der Waals surface area contributed by atoms with Gasteiger partial charge in [0.2, 0.25) is 0 Å². The highest BCUT2D eigenvalue weighted by Crippen LogP contribution is 2.24. The second-order valence-electron chi connectivity index (χ2n) is 4.59. The van der Waals surface area contributed by atoms with Gasteiger partial charge in [-0.05, 0) is 31.6 Å². The summed E-state index contributed by atoms with van der Waals surface area (Å²) in [5.74, 6) is 0. The fraction of sp³-hybridized carbons (Fsp3) is 0.571. The van der Waals surface area contributed by atoms with Crippen molar-refractivity contribution >= 4 is 5.69 Å². The molecule has 0 N–H and O–H groups in total. The largest absolute Gasteiger partial charge is 0.368 e. The molecule has 1 aromatic heterocycles. The third-order valence-electron chi connectivity index (χ3n) is 3.73. The molecule has 0 radical (unpaired) electrons. The molecule has 2 rings (SSSR count). The smallest absolute Gasteiger partial charge is 0.163 e. The third-order valence-corrected chi connectivity index (χ3v) is 3.73. The van der Waals surface area contributed by atoms with Crippen LogP contribution in [0.4, 0.5) is 5.69 Å². The van der Waals surface area contributed by atoms with Crippen LogP contribution in [0.2, 0.25) is 0 Å². The summed E-state index contributed by atoms with van der Waals surface area (Å²) in [6.07, 6.45) is 2.85. The summed E-state index contributed by atoms with van der Waals surface area (Å²) in [7, 11) is 0. The topological polar surface area (TPSA) is 43.2 Å². The molecule has 0 bridgehead atoms. The van der Waals surface area contributed by atoms with Crippen LogP contribution in [0.25, 0.3) is 0 Å². The molecule has 1 aliphatic heterocycles. The first-order valence-corrected chi connectivity index (χ1v) is 6.64. The zero-order valence-electron chi connectivity index (χ0n) is 11.1. The number of pyridine rings is 1. The average Bonchev–Trinajstić information content (AvgIpc) is 2.89. The van der Waals surface area contributed by atoms with Crippen LogP contribution in [0.1, 0.15) is 26.0 Å². The van der Waals surface area contributed by atoms with Crippen molar-refractivity contribution in [1.29, 1.82) is 5.26 Å². The number of likely N-dealkylation sites (N-methyl/N-ethyl adjacent to an activating group) is 1. The highest BCUT2D eigenvalue weighted by Gasteiger charge is 2.27. The highest BCUT2D eigenvalue weighted by atomic mass is 15.3. The Hall–Kier alpha value is -1.60. The SMILES string of the molecule is CCN(CC)C1CCN(c2cccnc2C#N)C1. The molecule has 1 saturated heterocycles. The molecule has 1 aromatic rings. The number of anilines is 1. The van der Waals surface area contributed by atoms with E-state index in [2.05, 4.69) is 34.7 Å². The summed E-state index contributed by atoms with van der Waals surface area (Å²) in [5, 5.41) is 9.10. The van der Waals surface area contributed by atoms with Crippen LogP contribution < -0.4 is 4.90 Å². The molecule has 96 valence electrons. The molecular weight excluding hydrogens is 224 g/mol. The summed E-state index contributed by atoms with van der Waals surface area (Å²) in [6.45, 7) is 8.61. The van der Waals surface area contributed by atoms with Gasteiger partial charge in [0.1, 0.15) is 6.07 Å². The van der Waals surface area contributed by atoms with E-state index in [0.717, 1.165) is 31.9 Å². The Morgan fingerprint density at radius 2 is 2.28 bits per heavy atom. The van der Waals surface area contributed by atoms with E-state index in [1.54, 1.807) is 6.20 Å². The van der Waals surface area contributed by atoms with Crippen molar-refractivity contribution in [2.45, 2.75) is 26.3 Å². The van der Waals surface area contributed by atoms with E-state index in [-0.39, 0.29) is 0 Å². The second kappa shape index (κ2) is 5.83. The summed E-state index contributed by atoms with van der Waals surface area (Å²) >= 11 is 0. The van der Waals surface area contributed by atoms with Crippen molar-refractivity contribution in [2.75, 3.05) is 31.1 Å². The number of nitrogens with zero attached hydrogens (tertiary/aromatic N) is 4. The molecule has 1 atom stereocenters. The molecule has 1 fully saturated rings. The second-order valence-corrected chi connectivity index (χ2v) is 4.59. The Morgan fingerprint density at radius 3 is 2.94 bits per heavy atom. The Bertz CT molecular complexity index is 434. The van der Waals surface area contributed by atoms with Crippen molar-refractivity contribution in [3.8, 4) is 6.07 Å². The van der Waals surface area contributed by atoms with Gasteiger partial charge in [0.25, 0.3) is 0 Å². The fourth-order valence-corrected chi connectivity index (χ4v) is 2.74. The van der Waals surface area contributed by atoms with Crippen LogP contribution in [0, 0.1) is 11.3 Å². The van der Waals surface area contributed by atoms with E-state index in [1.165, 1.54) is 6.42 Å². The first-order chi connectivity index (χ1) is 8.80. The number of rotatable bonds is 4. The molecule has 4 nitrogen and oxygen atoms in total. The lowest BCUT2D eigenvalue weighted by Gasteiger charge is -2.26. The zero-order chi connectivity index (χ0) is 13.0. The number of aromatic nitrogens is 1. The van der Waals surface area contributed by atoms with Crippen molar-refractivity contribution in [3.63, 3.8) is 0 Å². The molecule has 0 saturated carbocycles. The fourth-order valence-electron chi connectivity index (χ4n) is 2.74. The minimum Gasteiger partial charge on any atom is -0.368 e. The molecule has 0 aliphatic carbocycles. The predicted octanol–water partition coefficient (Wildman–Crippen LogP) is 1.87. The van der Waals surface area contributed by atoms with E-state index in [4.69, 9.17) is 5.26 Å². The molecule has 4 heteroatoms. The highest BCUT2D eigenvalue weighted by molar-refractivity contribution is 5.56. The van der Waals surface area contributed by atoms with Crippen molar-refractivity contribution in [2.24, 2.45) is 0 Å². The molecule has 0 spiro atoms. The van der Waals surface area contributed by atoms with Gasteiger partial charge in [-0.1, -0.05) is 13.8 Å². The maximum absolute atomic E-state index is 9.10. The summed E-state index contributed by atoms with van der Waals surface area (Å²) in [4.78, 5) is 8.91. The van der Waals surface area contributed by atoms with Gasteiger partial charge in [0, 0.05) is 25.3 Å². The van der Waals surface area contributed by atoms with Gasteiger partial charge >= 0.3 is 0 Å². The van der Waals surface area contributed by atoms with E-state index < -0.39 is 0 Å². The van der Waals surface area contributed by atoms with E-state index >= 15 is 0 Å². The van der Waals surface area contributed by atoms with Crippen LogP contribution in [0.5, 0.6) is 0 Å². The van der Waals surface area contributed by atoms with Gasteiger partial charge in [-0.25, -0.2) is 4.98 Å². The van der Waals surface area contributed by atoms with E-state index in [0.29, 0.717) is 11.7 Å². The third kappa shape index (κ3) is 2.46. The first kappa shape index (κ1) is 12.8. The zero-order valence-corrected chi connectivity index (χ0v) is 11.1. The maximum atomic E-state index is 9.10. The summed E-state index contributed by atoms with van der Waals surface area (Å²) in [5.41, 5.74) is 1.52. The summed E-state index contributed by atoms with van der Waals surface area (Å²) in [6, 6.07) is 6.68. The van der Waals surface area contributed by atoms with E-state index in [9.17, 15) is 0 Å². The predicted molar refractivity (Wildman–Crippen MR) is 72.5 cm³/mol. The van der Waals surface area contributed by atoms with Crippen LogP contribution in [-0.2, 0) is 0 Å². The van der Waals surface area contributed by atoms with Crippen molar-refractivity contribution in [3.05, 3.63) is 24.0 Å². The normalized spacial score (nSPS) is 19.2. The average molecular weight is 244 g/mol. The quantitative estimate of drug-likeness (QED) is 0.811. The van der Waals surface area contributed by atoms with Gasteiger partial charge in [-0.3, -0.25) is 4.90 Å². The minimum absolute atomic E-state index is 0.540. The Morgan fingerprint density at radius 1 is 1.50 bits per heavy atom. The van der Waals surface area contributed by atoms with Gasteiger partial charge < -0.3 is 4.90 Å². The first-order valence-electron chi connectivity index (χ1n) is 6.64. The van der Waals surface area contributed by atoms with Crippen molar-refractivity contribution in [1.82, 2.24) is 9.88 Å². The Labute approximate surface area is 109 Å². The minimum atomic E-state index is 0.540. The monoisotopic (exact) mass is 244 g/mol. The lowest BCUT2D eigenvalue weighted by atomic mass is 10.2. The van der Waals surface area contributed by atoms with Gasteiger partial charge in [0.15, 0.2) is 5.69 Å². The standard InChI is InChI=1S/C14H20N4/c1-3-17(4-2)12-7-9-18(11-12)14-6-5-8-16-13(14)10-15/h5-6,8,12H,3-4,7,9,11H2,1-2H3. The molecule has 1 unspecified atom stereocenters. The van der Waals surface area contributed by atoms with Gasteiger partial charge in [-0.2, -0.15) is 5.26 Å². The number of hydrogen-bond acceptors (Lipinski definition) is 4. The number of hydrogen-bond donors (Lipinski definition) is 0. The lowest BCUT2D eigenvalue weighted by molar-refractivity contribution is 0.232. The number of nitriles is 1. The molecule has 0 aromatic carbocycles. The molecule has 0 amide bonds. The molecule has 18 heavy (non-hydrogen) atoms. The Balaban J connectivity index is 2.11. The van der Waals surface area contributed by atoms with Crippen LogP contribution in [0.3, 0.4) is 0 Å². The van der Waals surface area contributed by atoms with Gasteiger partial charge in [0.05, 0.1) is 5.69 Å². The maximum Gasteiger partial charge on any atom is 0.163 e. The molecule has 2 heterocycles. The molecular formula is C14H20N4. The van der Waals surface area contributed by atoms with Crippen LogP contribution in [0.15, 0.2) is 18.3 Å². The van der Waals surface area contributed by atoms with E-state index in [1.807, 2.05) is 12.1 Å².